The lowest BCUT2D eigenvalue weighted by atomic mass is 10.1. The summed E-state index contributed by atoms with van der Waals surface area (Å²) in [4.78, 5) is 11.8. The van der Waals surface area contributed by atoms with Gasteiger partial charge in [0.05, 0.1) is 7.11 Å². The third-order valence-electron chi connectivity index (χ3n) is 2.73. The fourth-order valence-corrected chi connectivity index (χ4v) is 2.68. The van der Waals surface area contributed by atoms with Crippen molar-refractivity contribution in [3.05, 3.63) is 29.3 Å². The van der Waals surface area contributed by atoms with Gasteiger partial charge in [0, 0.05) is 6.42 Å². The predicted molar refractivity (Wildman–Crippen MR) is 85.6 cm³/mol. The Kier molecular flexibility index (Phi) is 5.71. The normalized spacial score (nSPS) is 10.5. The van der Waals surface area contributed by atoms with Crippen molar-refractivity contribution in [2.45, 2.75) is 20.3 Å². The van der Waals surface area contributed by atoms with Gasteiger partial charge < -0.3 is 9.47 Å². The average molecular weight is 321 g/mol. The minimum absolute atomic E-state index is 0.0780. The molecule has 0 atom stereocenters. The highest BCUT2D eigenvalue weighted by Gasteiger charge is 2.10. The zero-order valence-corrected chi connectivity index (χ0v) is 13.6. The Bertz CT molecular complexity index is 611. The van der Waals surface area contributed by atoms with E-state index in [4.69, 9.17) is 9.47 Å². The summed E-state index contributed by atoms with van der Waals surface area (Å²) in [5.74, 6) is 1.59. The average Bonchev–Trinajstić information content (AvgIpc) is 2.92. The van der Waals surface area contributed by atoms with E-state index in [1.54, 1.807) is 31.4 Å². The van der Waals surface area contributed by atoms with Gasteiger partial charge in [-0.05, 0) is 30.2 Å². The smallest absolute Gasteiger partial charge is 0.264 e. The van der Waals surface area contributed by atoms with Gasteiger partial charge in [-0.3, -0.25) is 10.1 Å². The van der Waals surface area contributed by atoms with Gasteiger partial charge in [-0.1, -0.05) is 25.2 Å². The summed E-state index contributed by atoms with van der Waals surface area (Å²) in [5, 5.41) is 12.1. The number of anilines is 1. The maximum absolute atomic E-state index is 11.8. The molecule has 22 heavy (non-hydrogen) atoms. The molecule has 7 heteroatoms. The Morgan fingerprint density at radius 2 is 1.91 bits per heavy atom. The van der Waals surface area contributed by atoms with Gasteiger partial charge in [0.2, 0.25) is 5.13 Å². The Morgan fingerprint density at radius 3 is 2.55 bits per heavy atom. The minimum Gasteiger partial charge on any atom is -0.497 e. The van der Waals surface area contributed by atoms with Crippen molar-refractivity contribution in [3.8, 4) is 11.5 Å². The van der Waals surface area contributed by atoms with Gasteiger partial charge in [-0.15, -0.1) is 10.2 Å². The van der Waals surface area contributed by atoms with Gasteiger partial charge >= 0.3 is 0 Å². The molecule has 118 valence electrons. The van der Waals surface area contributed by atoms with Gasteiger partial charge in [0.1, 0.15) is 16.5 Å². The molecule has 2 aromatic rings. The van der Waals surface area contributed by atoms with Crippen molar-refractivity contribution in [1.82, 2.24) is 10.2 Å². The SMILES string of the molecule is COc1ccc(OCC(=O)Nc2nnc(CC(C)C)s2)cc1. The third kappa shape index (κ3) is 5.00. The minimum atomic E-state index is -0.261. The first-order chi connectivity index (χ1) is 10.6. The van der Waals surface area contributed by atoms with Crippen molar-refractivity contribution < 1.29 is 14.3 Å². The van der Waals surface area contributed by atoms with E-state index in [0.29, 0.717) is 16.8 Å². The maximum atomic E-state index is 11.8. The number of carbonyl (C=O) groups excluding carboxylic acids is 1. The first kappa shape index (κ1) is 16.2. The molecule has 6 nitrogen and oxygen atoms in total. The van der Waals surface area contributed by atoms with E-state index in [-0.39, 0.29) is 12.5 Å². The van der Waals surface area contributed by atoms with Crippen LogP contribution in [0, 0.1) is 5.92 Å². The zero-order valence-electron chi connectivity index (χ0n) is 12.8. The highest BCUT2D eigenvalue weighted by molar-refractivity contribution is 7.15. The van der Waals surface area contributed by atoms with Crippen LogP contribution >= 0.6 is 11.3 Å². The molecule has 0 spiro atoms. The first-order valence-corrected chi connectivity index (χ1v) is 7.77. The van der Waals surface area contributed by atoms with E-state index in [1.807, 2.05) is 0 Å². The van der Waals surface area contributed by atoms with Gasteiger partial charge in [0.25, 0.3) is 5.91 Å². The fraction of sp³-hybridized carbons (Fsp3) is 0.400. The molecular weight excluding hydrogens is 302 g/mol. The summed E-state index contributed by atoms with van der Waals surface area (Å²) in [6.45, 7) is 4.15. The molecule has 0 radical (unpaired) electrons. The second kappa shape index (κ2) is 7.74. The van der Waals surface area contributed by atoms with Crippen LogP contribution in [0.2, 0.25) is 0 Å². The van der Waals surface area contributed by atoms with E-state index < -0.39 is 0 Å². The van der Waals surface area contributed by atoms with E-state index in [0.717, 1.165) is 17.2 Å². The molecule has 0 aliphatic carbocycles. The number of rotatable bonds is 7. The Hall–Kier alpha value is -2.15. The van der Waals surface area contributed by atoms with Crippen LogP contribution in [0.1, 0.15) is 18.9 Å². The zero-order chi connectivity index (χ0) is 15.9. The van der Waals surface area contributed by atoms with Crippen molar-refractivity contribution in [1.29, 1.82) is 0 Å². The number of nitrogens with zero attached hydrogens (tertiary/aromatic N) is 2. The molecule has 1 amide bonds. The van der Waals surface area contributed by atoms with Crippen LogP contribution in [0.4, 0.5) is 5.13 Å². The molecule has 0 aliphatic heterocycles. The first-order valence-electron chi connectivity index (χ1n) is 6.96. The van der Waals surface area contributed by atoms with Crippen molar-refractivity contribution in [2.75, 3.05) is 19.0 Å². The molecule has 0 aliphatic rings. The molecule has 0 saturated carbocycles. The Balaban J connectivity index is 1.80. The fourth-order valence-electron chi connectivity index (χ4n) is 1.71. The van der Waals surface area contributed by atoms with Crippen LogP contribution in [0.3, 0.4) is 0 Å². The quantitative estimate of drug-likeness (QED) is 0.849. The number of hydrogen-bond donors (Lipinski definition) is 1. The standard InChI is InChI=1S/C15H19N3O3S/c1-10(2)8-14-17-18-15(22-14)16-13(19)9-21-12-6-4-11(20-3)5-7-12/h4-7,10H,8-9H2,1-3H3,(H,16,18,19). The van der Waals surface area contributed by atoms with Crippen LogP contribution in [0.5, 0.6) is 11.5 Å². The maximum Gasteiger partial charge on any atom is 0.264 e. The van der Waals surface area contributed by atoms with Gasteiger partial charge in [-0.2, -0.15) is 0 Å². The molecule has 1 aromatic heterocycles. The number of methoxy groups -OCH3 is 1. The molecule has 1 N–H and O–H groups in total. The molecular formula is C15H19N3O3S. The Morgan fingerprint density at radius 1 is 1.23 bits per heavy atom. The summed E-state index contributed by atoms with van der Waals surface area (Å²) >= 11 is 1.39. The summed E-state index contributed by atoms with van der Waals surface area (Å²) in [5.41, 5.74) is 0. The van der Waals surface area contributed by atoms with Gasteiger partial charge in [0.15, 0.2) is 6.61 Å². The van der Waals surface area contributed by atoms with Crippen LogP contribution in [0.25, 0.3) is 0 Å². The second-order valence-electron chi connectivity index (χ2n) is 5.11. The van der Waals surface area contributed by atoms with Crippen molar-refractivity contribution in [3.63, 3.8) is 0 Å². The highest BCUT2D eigenvalue weighted by atomic mass is 32.1. The number of amides is 1. The molecule has 2 rings (SSSR count). The number of nitrogens with one attached hydrogen (secondary N) is 1. The predicted octanol–water partition coefficient (Wildman–Crippen LogP) is 2.76. The van der Waals surface area contributed by atoms with Gasteiger partial charge in [-0.25, -0.2) is 0 Å². The topological polar surface area (TPSA) is 73.3 Å². The highest BCUT2D eigenvalue weighted by Crippen LogP contribution is 2.19. The lowest BCUT2D eigenvalue weighted by Crippen LogP contribution is -2.20. The van der Waals surface area contributed by atoms with Crippen LogP contribution in [-0.4, -0.2) is 29.8 Å². The number of aromatic nitrogens is 2. The lowest BCUT2D eigenvalue weighted by Gasteiger charge is -2.06. The number of benzene rings is 1. The van der Waals surface area contributed by atoms with E-state index in [1.165, 1.54) is 11.3 Å². The number of hydrogen-bond acceptors (Lipinski definition) is 6. The number of ether oxygens (including phenoxy) is 2. The van der Waals surface area contributed by atoms with E-state index in [2.05, 4.69) is 29.4 Å². The van der Waals surface area contributed by atoms with E-state index in [9.17, 15) is 4.79 Å². The molecule has 0 saturated heterocycles. The summed E-state index contributed by atoms with van der Waals surface area (Å²) in [7, 11) is 1.60. The second-order valence-corrected chi connectivity index (χ2v) is 6.17. The van der Waals surface area contributed by atoms with Crippen LogP contribution < -0.4 is 14.8 Å². The molecule has 0 unspecified atom stereocenters. The summed E-state index contributed by atoms with van der Waals surface area (Å²) in [6, 6.07) is 7.04. The van der Waals surface area contributed by atoms with E-state index >= 15 is 0 Å². The number of carbonyl (C=O) groups is 1. The third-order valence-corrected chi connectivity index (χ3v) is 3.59. The molecule has 1 aromatic carbocycles. The molecule has 0 bridgehead atoms. The summed E-state index contributed by atoms with van der Waals surface area (Å²) < 4.78 is 10.5. The molecule has 0 fully saturated rings. The molecule has 1 heterocycles. The van der Waals surface area contributed by atoms with Crippen molar-refractivity contribution >= 4 is 22.4 Å². The van der Waals surface area contributed by atoms with Crippen LogP contribution in [0.15, 0.2) is 24.3 Å². The monoisotopic (exact) mass is 321 g/mol. The summed E-state index contributed by atoms with van der Waals surface area (Å²) in [6.07, 6.45) is 0.857. The Labute approximate surface area is 133 Å². The largest absolute Gasteiger partial charge is 0.497 e. The van der Waals surface area contributed by atoms with Crippen LogP contribution in [-0.2, 0) is 11.2 Å². The van der Waals surface area contributed by atoms with Crippen molar-refractivity contribution in [2.24, 2.45) is 5.92 Å². The lowest BCUT2D eigenvalue weighted by molar-refractivity contribution is -0.118.